The van der Waals surface area contributed by atoms with Crippen molar-refractivity contribution in [2.75, 3.05) is 11.4 Å². The molecule has 0 radical (unpaired) electrons. The summed E-state index contributed by atoms with van der Waals surface area (Å²) in [6.07, 6.45) is 1.52. The van der Waals surface area contributed by atoms with Crippen molar-refractivity contribution in [2.45, 2.75) is 25.5 Å². The number of fused-ring (bicyclic) bond motifs is 1. The van der Waals surface area contributed by atoms with Crippen LogP contribution in [0.25, 0.3) is 22.4 Å². The number of rotatable bonds is 3. The minimum Gasteiger partial charge on any atom is -0.391 e. The average Bonchev–Trinajstić information content (AvgIpc) is 3.21. The number of H-pyrrole nitrogens is 1. The second-order valence-corrected chi connectivity index (χ2v) is 6.04. The zero-order chi connectivity index (χ0) is 16.7. The molecule has 0 aliphatic carbocycles. The number of ketones is 1. The Morgan fingerprint density at radius 3 is 2.83 bits per heavy atom. The third kappa shape index (κ3) is 2.43. The molecule has 122 valence electrons. The first-order chi connectivity index (χ1) is 11.6. The molecule has 0 saturated carbocycles. The smallest absolute Gasteiger partial charge is 0.163 e. The number of benzene rings is 1. The number of aliphatic hydroxyl groups excluding tert-OH is 1. The van der Waals surface area contributed by atoms with Crippen LogP contribution in [0.5, 0.6) is 0 Å². The zero-order valence-corrected chi connectivity index (χ0v) is 13.2. The van der Waals surface area contributed by atoms with E-state index in [2.05, 4.69) is 20.2 Å². The fourth-order valence-electron chi connectivity index (χ4n) is 3.19. The van der Waals surface area contributed by atoms with Crippen LogP contribution in [-0.4, -0.2) is 49.7 Å². The van der Waals surface area contributed by atoms with Gasteiger partial charge in [0.25, 0.3) is 0 Å². The van der Waals surface area contributed by atoms with E-state index in [1.165, 1.54) is 0 Å². The predicted octanol–water partition coefficient (Wildman–Crippen LogP) is 1.55. The standard InChI is InChI=1S/C17H17N5O2/c1-10(23)14-7-12(24)9-22(14)17-13-8-18-21-16(13)19-15(20-17)11-5-3-2-4-6-11/h2-6,8,12,14,24H,7,9H2,1H3,(H,18,19,20,21)/t12-,14-/m0/s1. The number of Topliss-reactive ketones (excluding diaryl/α,β-unsaturated/α-hetero) is 1. The number of hydrogen-bond donors (Lipinski definition) is 2. The van der Waals surface area contributed by atoms with Gasteiger partial charge in [-0.2, -0.15) is 5.10 Å². The van der Waals surface area contributed by atoms with Crippen LogP contribution in [0, 0.1) is 0 Å². The van der Waals surface area contributed by atoms with Crippen LogP contribution in [0.4, 0.5) is 5.82 Å². The molecule has 1 aromatic carbocycles. The Labute approximate surface area is 138 Å². The van der Waals surface area contributed by atoms with Crippen LogP contribution in [0.15, 0.2) is 36.5 Å². The quantitative estimate of drug-likeness (QED) is 0.759. The maximum atomic E-state index is 12.0. The number of carbonyl (C=O) groups excluding carboxylic acids is 1. The van der Waals surface area contributed by atoms with Gasteiger partial charge in [0.1, 0.15) is 5.82 Å². The first kappa shape index (κ1) is 14.8. The number of aromatic nitrogens is 4. The van der Waals surface area contributed by atoms with Gasteiger partial charge in [-0.15, -0.1) is 0 Å². The van der Waals surface area contributed by atoms with Gasteiger partial charge in [-0.25, -0.2) is 9.97 Å². The molecule has 3 heterocycles. The van der Waals surface area contributed by atoms with Crippen molar-refractivity contribution >= 4 is 22.6 Å². The summed E-state index contributed by atoms with van der Waals surface area (Å²) in [4.78, 5) is 23.1. The minimum atomic E-state index is -0.545. The molecule has 2 aromatic heterocycles. The average molecular weight is 323 g/mol. The van der Waals surface area contributed by atoms with E-state index in [0.29, 0.717) is 30.3 Å². The molecule has 0 spiro atoms. The highest BCUT2D eigenvalue weighted by Crippen LogP contribution is 2.31. The molecule has 0 amide bonds. The first-order valence-corrected chi connectivity index (χ1v) is 7.85. The molecule has 24 heavy (non-hydrogen) atoms. The summed E-state index contributed by atoms with van der Waals surface area (Å²) in [5, 5.41) is 17.7. The Morgan fingerprint density at radius 2 is 2.08 bits per heavy atom. The summed E-state index contributed by atoms with van der Waals surface area (Å²) >= 11 is 0. The molecule has 4 rings (SSSR count). The van der Waals surface area contributed by atoms with Crippen molar-refractivity contribution in [3.63, 3.8) is 0 Å². The van der Waals surface area contributed by atoms with Gasteiger partial charge in [0.2, 0.25) is 0 Å². The second kappa shape index (κ2) is 5.68. The number of hydrogen-bond acceptors (Lipinski definition) is 6. The molecular formula is C17H17N5O2. The molecule has 0 bridgehead atoms. The number of anilines is 1. The molecule has 1 aliphatic heterocycles. The van der Waals surface area contributed by atoms with Crippen LogP contribution in [-0.2, 0) is 4.79 Å². The third-order valence-electron chi connectivity index (χ3n) is 4.34. The van der Waals surface area contributed by atoms with Crippen LogP contribution in [0.1, 0.15) is 13.3 Å². The number of β-amino-alcohol motifs (C(OH)–C–C–N with tert-alkyl or cyclic N) is 1. The van der Waals surface area contributed by atoms with Crippen LogP contribution < -0.4 is 4.90 Å². The number of nitrogens with zero attached hydrogens (tertiary/aromatic N) is 4. The summed E-state index contributed by atoms with van der Waals surface area (Å²) in [6.45, 7) is 1.91. The Bertz CT molecular complexity index is 892. The normalized spacial score (nSPS) is 20.7. The molecule has 1 aliphatic rings. The Morgan fingerprint density at radius 1 is 1.29 bits per heavy atom. The molecule has 2 N–H and O–H groups in total. The van der Waals surface area contributed by atoms with Crippen molar-refractivity contribution in [2.24, 2.45) is 0 Å². The molecule has 3 aromatic rings. The van der Waals surface area contributed by atoms with Gasteiger partial charge < -0.3 is 10.0 Å². The van der Waals surface area contributed by atoms with Gasteiger partial charge in [0.15, 0.2) is 17.3 Å². The molecule has 2 atom stereocenters. The van der Waals surface area contributed by atoms with E-state index in [9.17, 15) is 9.90 Å². The number of nitrogens with one attached hydrogen (secondary N) is 1. The van der Waals surface area contributed by atoms with Crippen molar-refractivity contribution in [1.29, 1.82) is 0 Å². The highest BCUT2D eigenvalue weighted by molar-refractivity contribution is 5.92. The lowest BCUT2D eigenvalue weighted by molar-refractivity contribution is -0.118. The Balaban J connectivity index is 1.88. The lowest BCUT2D eigenvalue weighted by Crippen LogP contribution is -2.35. The Kier molecular flexibility index (Phi) is 3.50. The van der Waals surface area contributed by atoms with Gasteiger partial charge in [-0.05, 0) is 6.92 Å². The van der Waals surface area contributed by atoms with Crippen molar-refractivity contribution in [3.8, 4) is 11.4 Å². The van der Waals surface area contributed by atoms with Crippen molar-refractivity contribution < 1.29 is 9.90 Å². The summed E-state index contributed by atoms with van der Waals surface area (Å²) in [5.41, 5.74) is 1.50. The van der Waals surface area contributed by atoms with Crippen molar-refractivity contribution in [3.05, 3.63) is 36.5 Å². The second-order valence-electron chi connectivity index (χ2n) is 6.04. The van der Waals surface area contributed by atoms with Gasteiger partial charge >= 0.3 is 0 Å². The molecule has 0 unspecified atom stereocenters. The molecular weight excluding hydrogens is 306 g/mol. The van der Waals surface area contributed by atoms with E-state index < -0.39 is 6.10 Å². The lowest BCUT2D eigenvalue weighted by Gasteiger charge is -2.24. The molecule has 7 heteroatoms. The van der Waals surface area contributed by atoms with E-state index in [4.69, 9.17) is 0 Å². The molecule has 1 saturated heterocycles. The van der Waals surface area contributed by atoms with E-state index in [-0.39, 0.29) is 11.8 Å². The lowest BCUT2D eigenvalue weighted by atomic mass is 10.1. The van der Waals surface area contributed by atoms with Gasteiger partial charge in [0, 0.05) is 18.5 Å². The van der Waals surface area contributed by atoms with Crippen LogP contribution in [0.3, 0.4) is 0 Å². The van der Waals surface area contributed by atoms with Gasteiger partial charge in [0.05, 0.1) is 23.7 Å². The largest absolute Gasteiger partial charge is 0.391 e. The van der Waals surface area contributed by atoms with E-state index >= 15 is 0 Å². The predicted molar refractivity (Wildman–Crippen MR) is 89.6 cm³/mol. The number of aliphatic hydroxyl groups is 1. The summed E-state index contributed by atoms with van der Waals surface area (Å²) in [5.74, 6) is 1.21. The molecule has 7 nitrogen and oxygen atoms in total. The monoisotopic (exact) mass is 323 g/mol. The SMILES string of the molecule is CC(=O)[C@@H]1C[C@H](O)CN1c1nc(-c2ccccc2)nc2[nH]ncc12. The molecule has 1 fully saturated rings. The highest BCUT2D eigenvalue weighted by atomic mass is 16.3. The number of aromatic amines is 1. The maximum absolute atomic E-state index is 12.0. The topological polar surface area (TPSA) is 95.0 Å². The number of carbonyl (C=O) groups is 1. The van der Waals surface area contributed by atoms with Crippen LogP contribution >= 0.6 is 0 Å². The first-order valence-electron chi connectivity index (χ1n) is 7.85. The highest BCUT2D eigenvalue weighted by Gasteiger charge is 2.36. The summed E-state index contributed by atoms with van der Waals surface area (Å²) in [7, 11) is 0. The Hall–Kier alpha value is -2.80. The zero-order valence-electron chi connectivity index (χ0n) is 13.2. The van der Waals surface area contributed by atoms with E-state index in [1.807, 2.05) is 35.2 Å². The maximum Gasteiger partial charge on any atom is 0.163 e. The van der Waals surface area contributed by atoms with Gasteiger partial charge in [-0.3, -0.25) is 9.89 Å². The fraction of sp³-hybridized carbons (Fsp3) is 0.294. The minimum absolute atomic E-state index is 0.0167. The van der Waals surface area contributed by atoms with Crippen LogP contribution in [0.2, 0.25) is 0 Å². The third-order valence-corrected chi connectivity index (χ3v) is 4.34. The van der Waals surface area contributed by atoms with Crippen molar-refractivity contribution in [1.82, 2.24) is 20.2 Å². The van der Waals surface area contributed by atoms with Gasteiger partial charge in [-0.1, -0.05) is 30.3 Å². The van der Waals surface area contributed by atoms with E-state index in [1.54, 1.807) is 13.1 Å². The summed E-state index contributed by atoms with van der Waals surface area (Å²) in [6, 6.07) is 9.27. The summed E-state index contributed by atoms with van der Waals surface area (Å²) < 4.78 is 0. The van der Waals surface area contributed by atoms with E-state index in [0.717, 1.165) is 10.9 Å². The fourth-order valence-corrected chi connectivity index (χ4v) is 3.19.